The van der Waals surface area contributed by atoms with Crippen molar-refractivity contribution in [2.75, 3.05) is 0 Å². The fraction of sp³-hybridized carbons (Fsp3) is 0.0476. The van der Waals surface area contributed by atoms with Crippen LogP contribution in [0.1, 0.15) is 5.56 Å². The van der Waals surface area contributed by atoms with Gasteiger partial charge >= 0.3 is 0 Å². The second-order valence-corrected chi connectivity index (χ2v) is 6.59. The molecule has 0 unspecified atom stereocenters. The van der Waals surface area contributed by atoms with Crippen LogP contribution in [0.3, 0.4) is 0 Å². The van der Waals surface area contributed by atoms with E-state index in [9.17, 15) is 30.6 Å². The first-order chi connectivity index (χ1) is 13.3. The van der Waals surface area contributed by atoms with E-state index in [1.807, 2.05) is 24.3 Å². The molecule has 0 heterocycles. The maximum absolute atomic E-state index is 10.9. The van der Waals surface area contributed by atoms with Gasteiger partial charge in [0.25, 0.3) is 0 Å². The summed E-state index contributed by atoms with van der Waals surface area (Å²) in [6, 6.07) is 11.0. The Morgan fingerprint density at radius 1 is 0.643 bits per heavy atom. The molecule has 0 saturated carbocycles. The molecule has 0 saturated heterocycles. The zero-order valence-electron chi connectivity index (χ0n) is 14.7. The topological polar surface area (TPSA) is 121 Å². The van der Waals surface area contributed by atoms with Crippen LogP contribution < -0.4 is 5.46 Å². The van der Waals surface area contributed by atoms with Gasteiger partial charge in [-0.05, 0) is 34.3 Å². The maximum atomic E-state index is 10.9. The molecule has 0 aliphatic carbocycles. The van der Waals surface area contributed by atoms with Gasteiger partial charge in [0.15, 0.2) is 28.7 Å². The Kier molecular flexibility index (Phi) is 3.71. The fourth-order valence-corrected chi connectivity index (χ4v) is 3.63. The van der Waals surface area contributed by atoms with Crippen molar-refractivity contribution in [3.8, 4) is 45.6 Å². The van der Waals surface area contributed by atoms with E-state index < -0.39 is 45.3 Å². The van der Waals surface area contributed by atoms with Gasteiger partial charge in [0.1, 0.15) is 13.6 Å². The molecule has 0 aliphatic rings. The van der Waals surface area contributed by atoms with E-state index in [1.54, 1.807) is 19.1 Å². The van der Waals surface area contributed by atoms with Gasteiger partial charge < -0.3 is 30.6 Å². The van der Waals surface area contributed by atoms with Crippen LogP contribution in [-0.4, -0.2) is 38.5 Å². The Labute approximate surface area is 160 Å². The molecule has 2 radical (unpaired) electrons. The van der Waals surface area contributed by atoms with Crippen LogP contribution in [0.25, 0.3) is 32.7 Å². The summed E-state index contributed by atoms with van der Waals surface area (Å²) in [6.07, 6.45) is 0. The standard InChI is InChI=1S/C21H15BO6/c1-8-10-5-3-2-4-9(10)6-7-11(8)12-16(23)13-14(18(25)17(12)24)19(26)21(28)20(27)15(13)22/h2-7,23-28H,1H3. The Balaban J connectivity index is 2.20. The Morgan fingerprint density at radius 2 is 1.29 bits per heavy atom. The molecule has 0 atom stereocenters. The summed E-state index contributed by atoms with van der Waals surface area (Å²) in [5.74, 6) is -4.74. The SMILES string of the molecule is [B]c1c(O)c(O)c(O)c2c(O)c(O)c(-c3ccc4ccccc4c3C)c(O)c12. The molecule has 6 N–H and O–H groups in total. The summed E-state index contributed by atoms with van der Waals surface area (Å²) < 4.78 is 0. The summed E-state index contributed by atoms with van der Waals surface area (Å²) in [7, 11) is 5.81. The third-order valence-electron chi connectivity index (χ3n) is 5.10. The van der Waals surface area contributed by atoms with Gasteiger partial charge in [-0.2, -0.15) is 0 Å². The fourth-order valence-electron chi connectivity index (χ4n) is 3.63. The lowest BCUT2D eigenvalue weighted by Gasteiger charge is -2.19. The lowest BCUT2D eigenvalue weighted by atomic mass is 9.84. The van der Waals surface area contributed by atoms with Crippen molar-refractivity contribution in [1.29, 1.82) is 0 Å². The molecular weight excluding hydrogens is 359 g/mol. The van der Waals surface area contributed by atoms with Gasteiger partial charge in [-0.25, -0.2) is 0 Å². The Hall–Kier alpha value is -3.74. The monoisotopic (exact) mass is 374 g/mol. The largest absolute Gasteiger partial charge is 0.507 e. The number of rotatable bonds is 1. The molecule has 0 amide bonds. The van der Waals surface area contributed by atoms with E-state index in [2.05, 4.69) is 0 Å². The van der Waals surface area contributed by atoms with Gasteiger partial charge in [0.05, 0.1) is 10.9 Å². The molecule has 4 aromatic rings. The van der Waals surface area contributed by atoms with Crippen molar-refractivity contribution in [2.45, 2.75) is 6.92 Å². The second-order valence-electron chi connectivity index (χ2n) is 6.59. The quantitative estimate of drug-likeness (QED) is 0.173. The highest BCUT2D eigenvalue weighted by Gasteiger charge is 2.27. The predicted molar refractivity (Wildman–Crippen MR) is 107 cm³/mol. The second kappa shape index (κ2) is 5.89. The van der Waals surface area contributed by atoms with E-state index in [4.69, 9.17) is 7.85 Å². The number of phenols is 6. The van der Waals surface area contributed by atoms with Crippen LogP contribution in [0.5, 0.6) is 34.5 Å². The number of hydrogen-bond donors (Lipinski definition) is 6. The van der Waals surface area contributed by atoms with Crippen LogP contribution in [0.2, 0.25) is 0 Å². The van der Waals surface area contributed by atoms with Crippen LogP contribution in [0.15, 0.2) is 36.4 Å². The normalized spacial score (nSPS) is 11.3. The molecule has 0 bridgehead atoms. The van der Waals surface area contributed by atoms with Crippen molar-refractivity contribution in [2.24, 2.45) is 0 Å². The number of hydrogen-bond acceptors (Lipinski definition) is 6. The van der Waals surface area contributed by atoms with Crippen molar-refractivity contribution in [1.82, 2.24) is 0 Å². The first-order valence-corrected chi connectivity index (χ1v) is 8.37. The lowest BCUT2D eigenvalue weighted by molar-refractivity contribution is 0.369. The van der Waals surface area contributed by atoms with E-state index in [-0.39, 0.29) is 10.9 Å². The molecule has 0 aliphatic heterocycles. The predicted octanol–water partition coefficient (Wildman–Crippen LogP) is 3.00. The van der Waals surface area contributed by atoms with E-state index in [0.29, 0.717) is 5.56 Å². The molecule has 7 heteroatoms. The number of benzene rings is 4. The highest BCUT2D eigenvalue weighted by Crippen LogP contribution is 2.54. The molecular formula is C21H15BO6. The maximum Gasteiger partial charge on any atom is 0.200 e. The zero-order valence-corrected chi connectivity index (χ0v) is 14.7. The minimum absolute atomic E-state index is 0.107. The molecule has 6 nitrogen and oxygen atoms in total. The average molecular weight is 374 g/mol. The van der Waals surface area contributed by atoms with E-state index >= 15 is 0 Å². The van der Waals surface area contributed by atoms with Gasteiger partial charge in [0.2, 0.25) is 0 Å². The summed E-state index contributed by atoms with van der Waals surface area (Å²) in [4.78, 5) is 0. The van der Waals surface area contributed by atoms with Crippen molar-refractivity contribution >= 4 is 34.9 Å². The number of aryl methyl sites for hydroxylation is 1. The van der Waals surface area contributed by atoms with Crippen molar-refractivity contribution < 1.29 is 30.6 Å². The Bertz CT molecular complexity index is 1300. The third kappa shape index (κ3) is 2.16. The van der Waals surface area contributed by atoms with Gasteiger partial charge in [0, 0.05) is 5.39 Å². The zero-order chi connectivity index (χ0) is 20.3. The van der Waals surface area contributed by atoms with Crippen LogP contribution in [0.4, 0.5) is 0 Å². The Morgan fingerprint density at radius 3 is 2.00 bits per heavy atom. The summed E-state index contributed by atoms with van der Waals surface area (Å²) >= 11 is 0. The third-order valence-corrected chi connectivity index (χ3v) is 5.10. The van der Waals surface area contributed by atoms with Crippen LogP contribution in [0, 0.1) is 6.92 Å². The summed E-state index contributed by atoms with van der Waals surface area (Å²) in [5.41, 5.74) is 0.604. The van der Waals surface area contributed by atoms with Crippen molar-refractivity contribution in [3.05, 3.63) is 42.0 Å². The van der Waals surface area contributed by atoms with Crippen molar-refractivity contribution in [3.63, 3.8) is 0 Å². The molecule has 28 heavy (non-hydrogen) atoms. The number of fused-ring (bicyclic) bond motifs is 2. The van der Waals surface area contributed by atoms with Crippen LogP contribution >= 0.6 is 0 Å². The molecule has 0 fully saturated rings. The minimum atomic E-state index is -0.964. The van der Waals surface area contributed by atoms with Gasteiger partial charge in [-0.15, -0.1) is 0 Å². The van der Waals surface area contributed by atoms with Gasteiger partial charge in [-0.3, -0.25) is 0 Å². The summed E-state index contributed by atoms with van der Waals surface area (Å²) in [5, 5.41) is 62.8. The molecule has 0 spiro atoms. The number of phenolic OH excluding ortho intramolecular Hbond substituents is 6. The first-order valence-electron chi connectivity index (χ1n) is 8.37. The molecule has 138 valence electrons. The summed E-state index contributed by atoms with van der Waals surface area (Å²) in [6.45, 7) is 1.80. The van der Waals surface area contributed by atoms with E-state index in [0.717, 1.165) is 16.3 Å². The first kappa shape index (κ1) is 17.7. The minimum Gasteiger partial charge on any atom is -0.507 e. The highest BCUT2D eigenvalue weighted by atomic mass is 16.3. The lowest BCUT2D eigenvalue weighted by Crippen LogP contribution is -2.06. The van der Waals surface area contributed by atoms with E-state index in [1.165, 1.54) is 0 Å². The van der Waals surface area contributed by atoms with Crippen LogP contribution in [-0.2, 0) is 0 Å². The average Bonchev–Trinajstić information content (AvgIpc) is 2.69. The van der Waals surface area contributed by atoms with Gasteiger partial charge in [-0.1, -0.05) is 36.4 Å². The smallest absolute Gasteiger partial charge is 0.200 e. The molecule has 4 aromatic carbocycles. The number of aromatic hydroxyl groups is 6. The molecule has 4 rings (SSSR count). The molecule has 0 aromatic heterocycles. The highest BCUT2D eigenvalue weighted by molar-refractivity contribution is 6.43.